The van der Waals surface area contributed by atoms with Crippen LogP contribution < -0.4 is 0 Å². The molecule has 1 N–H and O–H groups in total. The van der Waals surface area contributed by atoms with Crippen molar-refractivity contribution in [2.75, 3.05) is 7.11 Å². The average Bonchev–Trinajstić information content (AvgIpc) is 3.14. The van der Waals surface area contributed by atoms with Crippen molar-refractivity contribution in [1.82, 2.24) is 0 Å². The molecule has 0 spiro atoms. The molecular formula is C29H46O7. The standard InChI is InChI=1S/C29H46O7/c1-17(7-10-25(32)34-6)21-8-9-22-26-23(12-13-27(21,22)4)28(5)14-11-20(35-18(2)30)15-29(28,33)16-24(26)36-19(3)31/h17,20-24,26,33H,7-16H2,1-6H3/t17-,20-,21-,22+,23+,24+,26+,27-,28-,29+/m1/s1. The third-order valence-corrected chi connectivity index (χ3v) is 11.2. The largest absolute Gasteiger partial charge is 0.469 e. The molecule has 4 fully saturated rings. The van der Waals surface area contributed by atoms with Gasteiger partial charge in [-0.2, -0.15) is 0 Å². The van der Waals surface area contributed by atoms with Gasteiger partial charge in [0.25, 0.3) is 0 Å². The van der Waals surface area contributed by atoms with Crippen LogP contribution in [-0.4, -0.2) is 47.9 Å². The maximum Gasteiger partial charge on any atom is 0.305 e. The van der Waals surface area contributed by atoms with Crippen LogP contribution in [0.4, 0.5) is 0 Å². The fourth-order valence-corrected chi connectivity index (χ4v) is 9.47. The molecule has 0 aromatic carbocycles. The summed E-state index contributed by atoms with van der Waals surface area (Å²) < 4.78 is 16.4. The van der Waals surface area contributed by atoms with E-state index >= 15 is 0 Å². The van der Waals surface area contributed by atoms with Crippen molar-refractivity contribution in [1.29, 1.82) is 0 Å². The van der Waals surface area contributed by atoms with Gasteiger partial charge in [-0.05, 0) is 79.4 Å². The second-order valence-electron chi connectivity index (χ2n) is 12.9. The number of carbonyl (C=O) groups excluding carboxylic acids is 3. The van der Waals surface area contributed by atoms with Crippen molar-refractivity contribution in [3.05, 3.63) is 0 Å². The summed E-state index contributed by atoms with van der Waals surface area (Å²) in [7, 11) is 1.45. The molecule has 7 nitrogen and oxygen atoms in total. The highest BCUT2D eigenvalue weighted by atomic mass is 16.5. The van der Waals surface area contributed by atoms with Crippen molar-refractivity contribution in [3.8, 4) is 0 Å². The third kappa shape index (κ3) is 4.58. The minimum Gasteiger partial charge on any atom is -0.469 e. The molecule has 10 atom stereocenters. The van der Waals surface area contributed by atoms with E-state index in [1.165, 1.54) is 21.0 Å². The van der Waals surface area contributed by atoms with E-state index in [1.807, 2.05) is 0 Å². The van der Waals surface area contributed by atoms with Crippen molar-refractivity contribution in [2.45, 2.75) is 117 Å². The van der Waals surface area contributed by atoms with Crippen molar-refractivity contribution in [3.63, 3.8) is 0 Å². The van der Waals surface area contributed by atoms with E-state index in [1.54, 1.807) is 0 Å². The highest BCUT2D eigenvalue weighted by molar-refractivity contribution is 5.69. The van der Waals surface area contributed by atoms with Crippen LogP contribution in [0.2, 0.25) is 0 Å². The summed E-state index contributed by atoms with van der Waals surface area (Å²) in [5.74, 6) is 1.04. The van der Waals surface area contributed by atoms with E-state index in [0.29, 0.717) is 37.0 Å². The predicted octanol–water partition coefficient (Wildman–Crippen LogP) is 4.82. The normalized spacial score (nSPS) is 44.4. The molecule has 4 aliphatic rings. The fraction of sp³-hybridized carbons (Fsp3) is 0.897. The van der Waals surface area contributed by atoms with Gasteiger partial charge in [0.15, 0.2) is 0 Å². The number of carbonyl (C=O) groups is 3. The number of ether oxygens (including phenoxy) is 3. The quantitative estimate of drug-likeness (QED) is 0.407. The van der Waals surface area contributed by atoms with Crippen molar-refractivity contribution < 1.29 is 33.7 Å². The van der Waals surface area contributed by atoms with Gasteiger partial charge in [0, 0.05) is 39.0 Å². The van der Waals surface area contributed by atoms with Gasteiger partial charge < -0.3 is 19.3 Å². The van der Waals surface area contributed by atoms with Crippen LogP contribution >= 0.6 is 0 Å². The van der Waals surface area contributed by atoms with Crippen molar-refractivity contribution in [2.24, 2.45) is 40.4 Å². The molecule has 0 radical (unpaired) electrons. The molecule has 0 saturated heterocycles. The predicted molar refractivity (Wildman–Crippen MR) is 134 cm³/mol. The van der Waals surface area contributed by atoms with Gasteiger partial charge in [-0.3, -0.25) is 14.4 Å². The second-order valence-corrected chi connectivity index (χ2v) is 12.9. The van der Waals surface area contributed by atoms with Crippen molar-refractivity contribution >= 4 is 17.9 Å². The van der Waals surface area contributed by atoms with Gasteiger partial charge in [0.05, 0.1) is 12.7 Å². The fourth-order valence-electron chi connectivity index (χ4n) is 9.47. The number of methoxy groups -OCH3 is 1. The maximum absolute atomic E-state index is 12.2. The minimum atomic E-state index is -1.04. The smallest absolute Gasteiger partial charge is 0.305 e. The van der Waals surface area contributed by atoms with Crippen LogP contribution in [-0.2, 0) is 28.6 Å². The average molecular weight is 507 g/mol. The van der Waals surface area contributed by atoms with E-state index in [4.69, 9.17) is 14.2 Å². The monoisotopic (exact) mass is 506 g/mol. The van der Waals surface area contributed by atoms with Gasteiger partial charge in [0.2, 0.25) is 0 Å². The number of aliphatic hydroxyl groups is 1. The zero-order valence-electron chi connectivity index (χ0n) is 23.0. The molecule has 204 valence electrons. The van der Waals surface area contributed by atoms with Crippen LogP contribution in [0.5, 0.6) is 0 Å². The Kier molecular flexibility index (Phi) is 7.55. The minimum absolute atomic E-state index is 0.121. The Morgan fingerprint density at radius 1 is 0.944 bits per heavy atom. The molecule has 0 aromatic rings. The first-order valence-electron chi connectivity index (χ1n) is 14.0. The molecule has 0 aromatic heterocycles. The lowest BCUT2D eigenvalue weighted by Gasteiger charge is -2.65. The van der Waals surface area contributed by atoms with Crippen LogP contribution in [0.25, 0.3) is 0 Å². The maximum atomic E-state index is 12.2. The lowest BCUT2D eigenvalue weighted by molar-refractivity contribution is -0.255. The molecule has 0 heterocycles. The van der Waals surface area contributed by atoms with E-state index in [0.717, 1.165) is 44.9 Å². The summed E-state index contributed by atoms with van der Waals surface area (Å²) in [6.07, 6.45) is 7.29. The Hall–Kier alpha value is -1.63. The summed E-state index contributed by atoms with van der Waals surface area (Å²) in [6.45, 7) is 9.80. The van der Waals surface area contributed by atoms with Crippen LogP contribution in [0.3, 0.4) is 0 Å². The molecule has 0 unspecified atom stereocenters. The lowest BCUT2D eigenvalue weighted by atomic mass is 9.42. The first-order chi connectivity index (χ1) is 16.8. The molecule has 7 heteroatoms. The molecule has 4 aliphatic carbocycles. The zero-order chi connectivity index (χ0) is 26.5. The van der Waals surface area contributed by atoms with E-state index in [9.17, 15) is 19.5 Å². The SMILES string of the molecule is COC(=O)CC[C@@H](C)[C@H]1CC[C@H]2[C@@H]3[C@@H](OC(C)=O)C[C@@]4(O)C[C@H](OC(C)=O)CC[C@]4(C)[C@H]3CC[C@]12C. The van der Waals surface area contributed by atoms with Gasteiger partial charge in [-0.1, -0.05) is 20.8 Å². The first kappa shape index (κ1) is 27.4. The molecular weight excluding hydrogens is 460 g/mol. The van der Waals surface area contributed by atoms with E-state index in [2.05, 4.69) is 20.8 Å². The Morgan fingerprint density at radius 3 is 2.28 bits per heavy atom. The Bertz CT molecular complexity index is 872. The molecule has 0 bridgehead atoms. The summed E-state index contributed by atoms with van der Waals surface area (Å²) in [5.41, 5.74) is -1.22. The van der Waals surface area contributed by atoms with E-state index in [-0.39, 0.29) is 52.8 Å². The number of hydrogen-bond acceptors (Lipinski definition) is 7. The second kappa shape index (κ2) is 9.92. The number of esters is 3. The van der Waals surface area contributed by atoms with Crippen LogP contribution in [0.15, 0.2) is 0 Å². The lowest BCUT2D eigenvalue weighted by Crippen LogP contribution is -2.67. The number of rotatable bonds is 6. The summed E-state index contributed by atoms with van der Waals surface area (Å²) in [5, 5.41) is 12.1. The topological polar surface area (TPSA) is 99.1 Å². The highest BCUT2D eigenvalue weighted by Gasteiger charge is 2.68. The molecule has 4 saturated carbocycles. The van der Waals surface area contributed by atoms with Crippen LogP contribution in [0.1, 0.15) is 98.8 Å². The van der Waals surface area contributed by atoms with Gasteiger partial charge in [0.1, 0.15) is 12.2 Å². The first-order valence-corrected chi connectivity index (χ1v) is 14.0. The van der Waals surface area contributed by atoms with E-state index < -0.39 is 5.60 Å². The van der Waals surface area contributed by atoms with Gasteiger partial charge >= 0.3 is 17.9 Å². The Balaban J connectivity index is 1.61. The number of fused-ring (bicyclic) bond motifs is 5. The molecule has 0 aliphatic heterocycles. The Morgan fingerprint density at radius 2 is 1.64 bits per heavy atom. The highest BCUT2D eigenvalue weighted by Crippen LogP contribution is 2.69. The van der Waals surface area contributed by atoms with Gasteiger partial charge in [-0.15, -0.1) is 0 Å². The van der Waals surface area contributed by atoms with Gasteiger partial charge in [-0.25, -0.2) is 0 Å². The molecule has 36 heavy (non-hydrogen) atoms. The third-order valence-electron chi connectivity index (χ3n) is 11.2. The number of hydrogen-bond donors (Lipinski definition) is 1. The Labute approximate surface area is 216 Å². The zero-order valence-corrected chi connectivity index (χ0v) is 23.0. The summed E-state index contributed by atoms with van der Waals surface area (Å²) in [4.78, 5) is 35.7. The van der Waals surface area contributed by atoms with Crippen LogP contribution in [0, 0.1) is 40.4 Å². The summed E-state index contributed by atoms with van der Waals surface area (Å²) in [6, 6.07) is 0. The molecule has 4 rings (SSSR count). The summed E-state index contributed by atoms with van der Waals surface area (Å²) >= 11 is 0. The molecule has 0 amide bonds.